The van der Waals surface area contributed by atoms with Gasteiger partial charge in [-0.05, 0) is 47.6 Å². The van der Waals surface area contributed by atoms with E-state index in [0.29, 0.717) is 17.9 Å². The molecule has 21 heavy (non-hydrogen) atoms. The molecule has 1 N–H and O–H groups in total. The van der Waals surface area contributed by atoms with E-state index < -0.39 is 11.4 Å². The lowest BCUT2D eigenvalue weighted by Gasteiger charge is -2.37. The number of halogens is 1. The van der Waals surface area contributed by atoms with Gasteiger partial charge in [-0.1, -0.05) is 37.3 Å². The lowest BCUT2D eigenvalue weighted by Crippen LogP contribution is -2.33. The Labute approximate surface area is 124 Å². The van der Waals surface area contributed by atoms with Gasteiger partial charge in [0.15, 0.2) is 11.6 Å². The van der Waals surface area contributed by atoms with Gasteiger partial charge < -0.3 is 9.84 Å². The second kappa shape index (κ2) is 5.15. The average molecular weight is 286 g/mol. The fraction of sp³-hybridized carbons (Fsp3) is 0.333. The molecule has 0 saturated heterocycles. The van der Waals surface area contributed by atoms with E-state index in [1.807, 2.05) is 24.3 Å². The Morgan fingerprint density at radius 3 is 2.71 bits per heavy atom. The Balaban J connectivity index is 2.13. The van der Waals surface area contributed by atoms with E-state index in [-0.39, 0.29) is 5.75 Å². The van der Waals surface area contributed by atoms with Crippen molar-refractivity contribution in [2.75, 3.05) is 7.11 Å². The minimum atomic E-state index is -1.13. The average Bonchev–Trinajstić information content (AvgIpc) is 2.51. The first-order valence-electron chi connectivity index (χ1n) is 7.22. The fourth-order valence-corrected chi connectivity index (χ4v) is 3.24. The van der Waals surface area contributed by atoms with Gasteiger partial charge in [-0.2, -0.15) is 0 Å². The van der Waals surface area contributed by atoms with Crippen molar-refractivity contribution >= 4 is 0 Å². The van der Waals surface area contributed by atoms with Crippen LogP contribution in [0.5, 0.6) is 5.75 Å². The van der Waals surface area contributed by atoms with Gasteiger partial charge in [0.2, 0.25) is 0 Å². The number of rotatable bonds is 2. The third-order valence-corrected chi connectivity index (χ3v) is 4.51. The molecule has 2 atom stereocenters. The maximum absolute atomic E-state index is 14.0. The normalized spacial score (nSPS) is 24.5. The van der Waals surface area contributed by atoms with Crippen LogP contribution >= 0.6 is 0 Å². The van der Waals surface area contributed by atoms with E-state index in [1.165, 1.54) is 13.2 Å². The maximum Gasteiger partial charge on any atom is 0.165 e. The zero-order chi connectivity index (χ0) is 15.0. The molecule has 0 aromatic heterocycles. The summed E-state index contributed by atoms with van der Waals surface area (Å²) in [4.78, 5) is 0. The van der Waals surface area contributed by atoms with Crippen LogP contribution in [0.4, 0.5) is 4.39 Å². The summed E-state index contributed by atoms with van der Waals surface area (Å²) in [5.74, 6) is 0.156. The van der Waals surface area contributed by atoms with Crippen molar-refractivity contribution in [1.29, 1.82) is 0 Å². The standard InChI is InChI=1S/C18H19FO2/c1-12-9-10-18(20,15-6-4-3-5-14(12)15)13-7-8-17(21-2)16(19)11-13/h3-8,11-12,20H,9-10H2,1-2H3. The molecular formula is C18H19FO2. The zero-order valence-corrected chi connectivity index (χ0v) is 12.3. The summed E-state index contributed by atoms with van der Waals surface area (Å²) >= 11 is 0. The molecule has 0 heterocycles. The minimum Gasteiger partial charge on any atom is -0.494 e. The Hall–Kier alpha value is -1.87. The Morgan fingerprint density at radius 1 is 1.24 bits per heavy atom. The van der Waals surface area contributed by atoms with Crippen LogP contribution in [-0.4, -0.2) is 12.2 Å². The Morgan fingerprint density at radius 2 is 2.00 bits per heavy atom. The molecule has 2 aromatic rings. The van der Waals surface area contributed by atoms with Gasteiger partial charge in [0.05, 0.1) is 7.11 Å². The number of fused-ring (bicyclic) bond motifs is 1. The third-order valence-electron chi connectivity index (χ3n) is 4.51. The zero-order valence-electron chi connectivity index (χ0n) is 12.3. The van der Waals surface area contributed by atoms with Crippen LogP contribution in [0.2, 0.25) is 0 Å². The lowest BCUT2D eigenvalue weighted by molar-refractivity contribution is 0.0575. The highest BCUT2D eigenvalue weighted by Gasteiger charge is 2.38. The molecule has 0 radical (unpaired) electrons. The van der Waals surface area contributed by atoms with E-state index in [2.05, 4.69) is 6.92 Å². The Bertz CT molecular complexity index is 668. The van der Waals surface area contributed by atoms with Crippen molar-refractivity contribution in [2.45, 2.75) is 31.3 Å². The number of hydrogen-bond acceptors (Lipinski definition) is 2. The summed E-state index contributed by atoms with van der Waals surface area (Å²) in [6, 6.07) is 12.6. The van der Waals surface area contributed by atoms with Gasteiger partial charge in [0, 0.05) is 0 Å². The quantitative estimate of drug-likeness (QED) is 0.905. The SMILES string of the molecule is COc1ccc(C2(O)CCC(C)c3ccccc32)cc1F. The second-order valence-electron chi connectivity index (χ2n) is 5.74. The van der Waals surface area contributed by atoms with Crippen molar-refractivity contribution < 1.29 is 14.2 Å². The number of ether oxygens (including phenoxy) is 1. The maximum atomic E-state index is 14.0. The smallest absolute Gasteiger partial charge is 0.165 e. The molecule has 0 bridgehead atoms. The molecule has 110 valence electrons. The molecule has 2 aromatic carbocycles. The van der Waals surface area contributed by atoms with Crippen LogP contribution in [0, 0.1) is 5.82 Å². The van der Waals surface area contributed by atoms with Gasteiger partial charge in [-0.3, -0.25) is 0 Å². The predicted molar refractivity (Wildman–Crippen MR) is 80.0 cm³/mol. The largest absolute Gasteiger partial charge is 0.494 e. The molecule has 3 rings (SSSR count). The molecule has 2 nitrogen and oxygen atoms in total. The van der Waals surface area contributed by atoms with E-state index in [9.17, 15) is 9.50 Å². The molecule has 0 spiro atoms. The summed E-state index contributed by atoms with van der Waals surface area (Å²) in [5.41, 5.74) is 1.48. The number of methoxy groups -OCH3 is 1. The molecule has 0 amide bonds. The van der Waals surface area contributed by atoms with E-state index in [4.69, 9.17) is 4.74 Å². The highest BCUT2D eigenvalue weighted by atomic mass is 19.1. The minimum absolute atomic E-state index is 0.194. The summed E-state index contributed by atoms with van der Waals surface area (Å²) < 4.78 is 18.9. The van der Waals surface area contributed by atoms with Crippen LogP contribution in [0.1, 0.15) is 42.4 Å². The van der Waals surface area contributed by atoms with Crippen molar-refractivity contribution in [1.82, 2.24) is 0 Å². The molecule has 1 aliphatic carbocycles. The highest BCUT2D eigenvalue weighted by Crippen LogP contribution is 2.45. The van der Waals surface area contributed by atoms with Crippen molar-refractivity contribution in [2.24, 2.45) is 0 Å². The second-order valence-corrected chi connectivity index (χ2v) is 5.74. The van der Waals surface area contributed by atoms with Crippen molar-refractivity contribution in [3.63, 3.8) is 0 Å². The summed E-state index contributed by atoms with van der Waals surface area (Å²) in [6.45, 7) is 2.16. The van der Waals surface area contributed by atoms with Gasteiger partial charge in [-0.25, -0.2) is 4.39 Å². The lowest BCUT2D eigenvalue weighted by atomic mass is 9.71. The van der Waals surface area contributed by atoms with Gasteiger partial charge >= 0.3 is 0 Å². The number of benzene rings is 2. The molecule has 0 saturated carbocycles. The van der Waals surface area contributed by atoms with E-state index in [1.54, 1.807) is 12.1 Å². The van der Waals surface area contributed by atoms with Gasteiger partial charge in [0.25, 0.3) is 0 Å². The van der Waals surface area contributed by atoms with E-state index in [0.717, 1.165) is 17.5 Å². The number of aliphatic hydroxyl groups is 1. The molecule has 1 aliphatic rings. The summed E-state index contributed by atoms with van der Waals surface area (Å²) in [6.07, 6.45) is 1.47. The topological polar surface area (TPSA) is 29.5 Å². The molecule has 3 heteroatoms. The van der Waals surface area contributed by atoms with Crippen LogP contribution in [0.25, 0.3) is 0 Å². The highest BCUT2D eigenvalue weighted by molar-refractivity contribution is 5.45. The first-order valence-corrected chi connectivity index (χ1v) is 7.22. The number of hydrogen-bond donors (Lipinski definition) is 1. The van der Waals surface area contributed by atoms with Crippen LogP contribution < -0.4 is 4.74 Å². The fourth-order valence-electron chi connectivity index (χ4n) is 3.24. The van der Waals surface area contributed by atoms with E-state index >= 15 is 0 Å². The van der Waals surface area contributed by atoms with Crippen LogP contribution in [0.3, 0.4) is 0 Å². The molecule has 0 aliphatic heterocycles. The van der Waals surface area contributed by atoms with Gasteiger partial charge in [-0.15, -0.1) is 0 Å². The summed E-state index contributed by atoms with van der Waals surface area (Å²) in [7, 11) is 1.43. The van der Waals surface area contributed by atoms with Crippen LogP contribution in [0.15, 0.2) is 42.5 Å². The van der Waals surface area contributed by atoms with Crippen molar-refractivity contribution in [3.05, 3.63) is 65.0 Å². The first kappa shape index (κ1) is 14.1. The molecule has 0 fully saturated rings. The predicted octanol–water partition coefficient (Wildman–Crippen LogP) is 3.97. The first-order chi connectivity index (χ1) is 10.1. The van der Waals surface area contributed by atoms with Gasteiger partial charge in [0.1, 0.15) is 5.60 Å². The monoisotopic (exact) mass is 286 g/mol. The summed E-state index contributed by atoms with van der Waals surface area (Å²) in [5, 5.41) is 11.2. The third kappa shape index (κ3) is 2.22. The molecular weight excluding hydrogens is 267 g/mol. The van der Waals surface area contributed by atoms with Crippen molar-refractivity contribution in [3.8, 4) is 5.75 Å². The Kier molecular flexibility index (Phi) is 3.46. The van der Waals surface area contributed by atoms with Crippen LogP contribution in [-0.2, 0) is 5.60 Å². The molecule has 2 unspecified atom stereocenters.